The Morgan fingerprint density at radius 1 is 1.12 bits per heavy atom. The van der Waals surface area contributed by atoms with Crippen molar-refractivity contribution in [1.29, 1.82) is 0 Å². The maximum Gasteiger partial charge on any atom is 0.221 e. The molecule has 134 valence electrons. The number of nitrogens with zero attached hydrogens (tertiary/aromatic N) is 2. The minimum Gasteiger partial charge on any atom is -0.394 e. The molecule has 1 aliphatic heterocycles. The quantitative estimate of drug-likeness (QED) is 0.756. The fourth-order valence-electron chi connectivity index (χ4n) is 3.08. The summed E-state index contributed by atoms with van der Waals surface area (Å²) in [4.78, 5) is 17.0. The van der Waals surface area contributed by atoms with Crippen LogP contribution in [0.25, 0.3) is 0 Å². The molecule has 1 saturated heterocycles. The monoisotopic (exact) mass is 333 g/mol. The van der Waals surface area contributed by atoms with Crippen molar-refractivity contribution in [3.05, 3.63) is 35.4 Å². The summed E-state index contributed by atoms with van der Waals surface area (Å²) >= 11 is 0. The molecule has 5 heteroatoms. The summed E-state index contributed by atoms with van der Waals surface area (Å²) < 4.78 is 0. The van der Waals surface area contributed by atoms with Crippen LogP contribution in [0.3, 0.4) is 0 Å². The van der Waals surface area contributed by atoms with Crippen LogP contribution in [-0.2, 0) is 11.2 Å². The number of hydrogen-bond donors (Lipinski definition) is 2. The molecule has 0 bridgehead atoms. The highest BCUT2D eigenvalue weighted by Crippen LogP contribution is 2.14. The van der Waals surface area contributed by atoms with E-state index in [0.29, 0.717) is 6.42 Å². The first-order valence-corrected chi connectivity index (χ1v) is 9.10. The molecule has 24 heavy (non-hydrogen) atoms. The molecule has 0 spiro atoms. The van der Waals surface area contributed by atoms with Gasteiger partial charge in [-0.05, 0) is 24.1 Å². The number of hydrogen-bond acceptors (Lipinski definition) is 4. The SMILES string of the molecule is CCc1ccc(C(CO)NC(=O)CCN2CCN(CC)CC2)cc1. The number of nitrogens with one attached hydrogen (secondary N) is 1. The Morgan fingerprint density at radius 3 is 2.29 bits per heavy atom. The number of aliphatic hydroxyl groups is 1. The van der Waals surface area contributed by atoms with Gasteiger partial charge in [0, 0.05) is 39.1 Å². The Bertz CT molecular complexity index is 496. The number of carbonyl (C=O) groups is 1. The van der Waals surface area contributed by atoms with Gasteiger partial charge in [-0.1, -0.05) is 38.1 Å². The number of piperazine rings is 1. The van der Waals surface area contributed by atoms with Crippen molar-refractivity contribution < 1.29 is 9.90 Å². The Labute approximate surface area is 145 Å². The van der Waals surface area contributed by atoms with Gasteiger partial charge in [-0.3, -0.25) is 4.79 Å². The predicted molar refractivity (Wildman–Crippen MR) is 97.0 cm³/mol. The second-order valence-electron chi connectivity index (χ2n) is 6.42. The number of aryl methyl sites for hydroxylation is 1. The van der Waals surface area contributed by atoms with Crippen LogP contribution in [0.1, 0.15) is 37.4 Å². The van der Waals surface area contributed by atoms with Crippen molar-refractivity contribution in [2.45, 2.75) is 32.7 Å². The summed E-state index contributed by atoms with van der Waals surface area (Å²) in [6, 6.07) is 7.77. The summed E-state index contributed by atoms with van der Waals surface area (Å²) in [5.74, 6) is 0.00605. The topological polar surface area (TPSA) is 55.8 Å². The molecule has 1 heterocycles. The van der Waals surface area contributed by atoms with E-state index in [0.717, 1.165) is 51.3 Å². The van der Waals surface area contributed by atoms with E-state index in [1.165, 1.54) is 5.56 Å². The molecule has 1 aliphatic rings. The molecule has 0 aliphatic carbocycles. The van der Waals surface area contributed by atoms with Crippen LogP contribution < -0.4 is 5.32 Å². The molecule has 0 aromatic heterocycles. The zero-order valence-electron chi connectivity index (χ0n) is 15.0. The van der Waals surface area contributed by atoms with Gasteiger partial charge in [0.05, 0.1) is 12.6 Å². The molecule has 0 radical (unpaired) electrons. The van der Waals surface area contributed by atoms with Crippen molar-refractivity contribution in [3.63, 3.8) is 0 Å². The van der Waals surface area contributed by atoms with E-state index in [2.05, 4.69) is 41.1 Å². The lowest BCUT2D eigenvalue weighted by Gasteiger charge is -2.33. The Balaban J connectivity index is 1.77. The van der Waals surface area contributed by atoms with Gasteiger partial charge in [0.1, 0.15) is 0 Å². The van der Waals surface area contributed by atoms with E-state index in [-0.39, 0.29) is 18.6 Å². The van der Waals surface area contributed by atoms with E-state index >= 15 is 0 Å². The lowest BCUT2D eigenvalue weighted by Crippen LogP contribution is -2.47. The standard InChI is InChI=1S/C19H31N3O2/c1-3-16-5-7-17(8-6-16)18(15-23)20-19(24)9-10-22-13-11-21(4-2)12-14-22/h5-8,18,23H,3-4,9-15H2,1-2H3,(H,20,24). The van der Waals surface area contributed by atoms with Crippen molar-refractivity contribution in [3.8, 4) is 0 Å². The normalized spacial score (nSPS) is 17.6. The first-order valence-electron chi connectivity index (χ1n) is 9.10. The van der Waals surface area contributed by atoms with Crippen LogP contribution in [0.5, 0.6) is 0 Å². The number of amides is 1. The van der Waals surface area contributed by atoms with Crippen LogP contribution in [0, 0.1) is 0 Å². The van der Waals surface area contributed by atoms with E-state index in [1.54, 1.807) is 0 Å². The molecule has 1 amide bonds. The summed E-state index contributed by atoms with van der Waals surface area (Å²) in [6.45, 7) is 10.3. The molecular weight excluding hydrogens is 302 g/mol. The minimum atomic E-state index is -0.319. The lowest BCUT2D eigenvalue weighted by molar-refractivity contribution is -0.122. The van der Waals surface area contributed by atoms with Crippen LogP contribution in [0.15, 0.2) is 24.3 Å². The molecular formula is C19H31N3O2. The van der Waals surface area contributed by atoms with Gasteiger partial charge in [0.15, 0.2) is 0 Å². The molecule has 2 N–H and O–H groups in total. The summed E-state index contributed by atoms with van der Waals surface area (Å²) in [7, 11) is 0. The van der Waals surface area contributed by atoms with Crippen LogP contribution in [0.4, 0.5) is 0 Å². The molecule has 1 atom stereocenters. The molecule has 2 rings (SSSR count). The summed E-state index contributed by atoms with van der Waals surface area (Å²) in [6.07, 6.45) is 1.47. The smallest absolute Gasteiger partial charge is 0.221 e. The van der Waals surface area contributed by atoms with Gasteiger partial charge in [0.25, 0.3) is 0 Å². The largest absolute Gasteiger partial charge is 0.394 e. The molecule has 1 aromatic carbocycles. The van der Waals surface area contributed by atoms with Crippen molar-refractivity contribution >= 4 is 5.91 Å². The summed E-state index contributed by atoms with van der Waals surface area (Å²) in [5.41, 5.74) is 2.22. The first-order chi connectivity index (χ1) is 11.7. The maximum atomic E-state index is 12.2. The van der Waals surface area contributed by atoms with Crippen LogP contribution in [-0.4, -0.2) is 66.7 Å². The van der Waals surface area contributed by atoms with Crippen LogP contribution >= 0.6 is 0 Å². The highest BCUT2D eigenvalue weighted by Gasteiger charge is 2.18. The van der Waals surface area contributed by atoms with E-state index in [1.807, 2.05) is 12.1 Å². The van der Waals surface area contributed by atoms with E-state index in [9.17, 15) is 9.90 Å². The number of rotatable bonds is 8. The molecule has 1 unspecified atom stereocenters. The van der Waals surface area contributed by atoms with Gasteiger partial charge in [-0.15, -0.1) is 0 Å². The average molecular weight is 333 g/mol. The minimum absolute atomic E-state index is 0.00605. The third-order valence-electron chi connectivity index (χ3n) is 4.88. The van der Waals surface area contributed by atoms with Crippen molar-refractivity contribution in [2.75, 3.05) is 45.9 Å². The predicted octanol–water partition coefficient (Wildman–Crippen LogP) is 1.43. The highest BCUT2D eigenvalue weighted by molar-refractivity contribution is 5.76. The second kappa shape index (κ2) is 9.77. The Morgan fingerprint density at radius 2 is 1.75 bits per heavy atom. The molecule has 1 aromatic rings. The number of aliphatic hydroxyl groups excluding tert-OH is 1. The molecule has 1 fully saturated rings. The zero-order chi connectivity index (χ0) is 17.4. The number of carbonyl (C=O) groups excluding carboxylic acids is 1. The van der Waals surface area contributed by atoms with Gasteiger partial charge in [0.2, 0.25) is 5.91 Å². The first kappa shape index (κ1) is 18.9. The molecule has 0 saturated carbocycles. The van der Waals surface area contributed by atoms with Crippen LogP contribution in [0.2, 0.25) is 0 Å². The summed E-state index contributed by atoms with van der Waals surface area (Å²) in [5, 5.41) is 12.6. The third kappa shape index (κ3) is 5.58. The maximum absolute atomic E-state index is 12.2. The van der Waals surface area contributed by atoms with E-state index in [4.69, 9.17) is 0 Å². The van der Waals surface area contributed by atoms with Gasteiger partial charge in [-0.2, -0.15) is 0 Å². The fraction of sp³-hybridized carbons (Fsp3) is 0.632. The Kier molecular flexibility index (Phi) is 7.69. The average Bonchev–Trinajstić information content (AvgIpc) is 2.65. The fourth-order valence-corrected chi connectivity index (χ4v) is 3.08. The zero-order valence-corrected chi connectivity index (χ0v) is 15.0. The highest BCUT2D eigenvalue weighted by atomic mass is 16.3. The van der Waals surface area contributed by atoms with E-state index < -0.39 is 0 Å². The third-order valence-corrected chi connectivity index (χ3v) is 4.88. The van der Waals surface area contributed by atoms with Gasteiger partial charge < -0.3 is 20.2 Å². The van der Waals surface area contributed by atoms with Crippen molar-refractivity contribution in [2.24, 2.45) is 0 Å². The second-order valence-corrected chi connectivity index (χ2v) is 6.42. The van der Waals surface area contributed by atoms with Gasteiger partial charge >= 0.3 is 0 Å². The lowest BCUT2D eigenvalue weighted by atomic mass is 10.0. The number of likely N-dealkylation sites (N-methyl/N-ethyl adjacent to an activating group) is 1. The Hall–Kier alpha value is -1.43. The van der Waals surface area contributed by atoms with Gasteiger partial charge in [-0.25, -0.2) is 0 Å². The number of benzene rings is 1. The van der Waals surface area contributed by atoms with Crippen molar-refractivity contribution in [1.82, 2.24) is 15.1 Å². The molecule has 5 nitrogen and oxygen atoms in total.